The summed E-state index contributed by atoms with van der Waals surface area (Å²) in [6.07, 6.45) is 0.208. The van der Waals surface area contributed by atoms with E-state index < -0.39 is 0 Å². The Morgan fingerprint density at radius 1 is 1.25 bits per heavy atom. The van der Waals surface area contributed by atoms with Crippen LogP contribution in [0, 0.1) is 0 Å². The van der Waals surface area contributed by atoms with Crippen LogP contribution in [-0.4, -0.2) is 12.5 Å². The molecular formula is C14H15ClN2O3. The summed E-state index contributed by atoms with van der Waals surface area (Å²) in [5.41, 5.74) is 5.96. The number of rotatable bonds is 7. The molecule has 1 aromatic heterocycles. The summed E-state index contributed by atoms with van der Waals surface area (Å²) < 4.78 is 10.6. The smallest absolute Gasteiger partial charge is 0.220 e. The minimum absolute atomic E-state index is 0.208. The molecule has 2 aromatic rings. The van der Waals surface area contributed by atoms with Crippen molar-refractivity contribution >= 4 is 23.2 Å². The highest BCUT2D eigenvalue weighted by Crippen LogP contribution is 2.18. The summed E-state index contributed by atoms with van der Waals surface area (Å²) in [4.78, 5) is 10.6. The first-order chi connectivity index (χ1) is 9.63. The SMILES string of the molecule is NC(=O)CCOc1ccc(NCc2ccc(Cl)o2)cc1. The Morgan fingerprint density at radius 2 is 2.00 bits per heavy atom. The van der Waals surface area contributed by atoms with Crippen molar-refractivity contribution in [3.8, 4) is 5.75 Å². The molecule has 1 amide bonds. The number of furan rings is 1. The van der Waals surface area contributed by atoms with Crippen LogP contribution in [0.5, 0.6) is 5.75 Å². The van der Waals surface area contributed by atoms with Gasteiger partial charge in [0.15, 0.2) is 5.22 Å². The molecule has 0 radical (unpaired) electrons. The minimum atomic E-state index is -0.375. The first-order valence-electron chi connectivity index (χ1n) is 6.13. The van der Waals surface area contributed by atoms with Gasteiger partial charge >= 0.3 is 0 Å². The van der Waals surface area contributed by atoms with Gasteiger partial charge in [0, 0.05) is 5.69 Å². The van der Waals surface area contributed by atoms with Crippen molar-refractivity contribution in [1.29, 1.82) is 0 Å². The fraction of sp³-hybridized carbons (Fsp3) is 0.214. The van der Waals surface area contributed by atoms with Gasteiger partial charge in [-0.15, -0.1) is 0 Å². The molecule has 0 bridgehead atoms. The fourth-order valence-electron chi connectivity index (χ4n) is 1.57. The molecule has 20 heavy (non-hydrogen) atoms. The molecule has 2 rings (SSSR count). The van der Waals surface area contributed by atoms with Crippen molar-refractivity contribution in [2.24, 2.45) is 5.73 Å². The molecule has 106 valence electrons. The number of primary amides is 1. The summed E-state index contributed by atoms with van der Waals surface area (Å²) in [6.45, 7) is 0.835. The zero-order chi connectivity index (χ0) is 14.4. The van der Waals surface area contributed by atoms with Gasteiger partial charge in [-0.3, -0.25) is 4.79 Å². The van der Waals surface area contributed by atoms with Crippen LogP contribution in [0.1, 0.15) is 12.2 Å². The van der Waals surface area contributed by atoms with Gasteiger partial charge in [-0.25, -0.2) is 0 Å². The van der Waals surface area contributed by atoms with Crippen LogP contribution in [0.3, 0.4) is 0 Å². The Morgan fingerprint density at radius 3 is 2.60 bits per heavy atom. The molecular weight excluding hydrogens is 280 g/mol. The summed E-state index contributed by atoms with van der Waals surface area (Å²) in [7, 11) is 0. The number of nitrogens with one attached hydrogen (secondary N) is 1. The normalized spacial score (nSPS) is 10.2. The summed E-state index contributed by atoms with van der Waals surface area (Å²) in [6, 6.07) is 10.9. The van der Waals surface area contributed by atoms with Crippen LogP contribution < -0.4 is 15.8 Å². The molecule has 0 aliphatic heterocycles. The van der Waals surface area contributed by atoms with Gasteiger partial charge < -0.3 is 20.2 Å². The monoisotopic (exact) mass is 294 g/mol. The lowest BCUT2D eigenvalue weighted by atomic mass is 10.3. The lowest BCUT2D eigenvalue weighted by Crippen LogP contribution is -2.14. The maximum Gasteiger partial charge on any atom is 0.220 e. The molecule has 0 fully saturated rings. The van der Waals surface area contributed by atoms with E-state index in [2.05, 4.69) is 5.32 Å². The second kappa shape index (κ2) is 6.86. The molecule has 0 saturated carbocycles. The quantitative estimate of drug-likeness (QED) is 0.823. The van der Waals surface area contributed by atoms with E-state index in [1.807, 2.05) is 30.3 Å². The van der Waals surface area contributed by atoms with Crippen molar-refractivity contribution < 1.29 is 13.9 Å². The van der Waals surface area contributed by atoms with Crippen LogP contribution in [0.4, 0.5) is 5.69 Å². The number of amides is 1. The highest BCUT2D eigenvalue weighted by Gasteiger charge is 2.01. The Bertz CT molecular complexity index is 566. The van der Waals surface area contributed by atoms with E-state index in [9.17, 15) is 4.79 Å². The third-order valence-corrected chi connectivity index (χ3v) is 2.77. The number of ether oxygens (including phenoxy) is 1. The van der Waals surface area contributed by atoms with Crippen molar-refractivity contribution in [3.63, 3.8) is 0 Å². The first-order valence-corrected chi connectivity index (χ1v) is 6.50. The number of nitrogens with two attached hydrogens (primary N) is 1. The van der Waals surface area contributed by atoms with E-state index >= 15 is 0 Å². The van der Waals surface area contributed by atoms with Crippen molar-refractivity contribution in [2.45, 2.75) is 13.0 Å². The Hall–Kier alpha value is -2.14. The fourth-order valence-corrected chi connectivity index (χ4v) is 1.74. The van der Waals surface area contributed by atoms with Gasteiger partial charge in [0.1, 0.15) is 11.5 Å². The minimum Gasteiger partial charge on any atom is -0.493 e. The number of anilines is 1. The standard InChI is InChI=1S/C14H15ClN2O3/c15-13-6-5-12(20-13)9-17-10-1-3-11(4-2-10)19-8-7-14(16)18/h1-6,17H,7-9H2,(H2,16,18). The van der Waals surface area contributed by atoms with E-state index in [1.165, 1.54) is 0 Å². The lowest BCUT2D eigenvalue weighted by molar-refractivity contribution is -0.118. The highest BCUT2D eigenvalue weighted by atomic mass is 35.5. The van der Waals surface area contributed by atoms with E-state index in [0.29, 0.717) is 17.5 Å². The predicted molar refractivity (Wildman–Crippen MR) is 76.8 cm³/mol. The molecule has 0 spiro atoms. The largest absolute Gasteiger partial charge is 0.493 e. The van der Waals surface area contributed by atoms with Crippen LogP contribution in [0.15, 0.2) is 40.8 Å². The van der Waals surface area contributed by atoms with E-state index in [4.69, 9.17) is 26.5 Å². The number of benzene rings is 1. The molecule has 1 heterocycles. The topological polar surface area (TPSA) is 77.5 Å². The van der Waals surface area contributed by atoms with Crippen LogP contribution >= 0.6 is 11.6 Å². The average Bonchev–Trinajstić information content (AvgIpc) is 2.83. The molecule has 0 aliphatic rings. The van der Waals surface area contributed by atoms with Crippen LogP contribution in [-0.2, 0) is 11.3 Å². The van der Waals surface area contributed by atoms with E-state index in [-0.39, 0.29) is 18.9 Å². The molecule has 3 N–H and O–H groups in total. The van der Waals surface area contributed by atoms with Gasteiger partial charge in [-0.1, -0.05) is 0 Å². The van der Waals surface area contributed by atoms with Gasteiger partial charge in [0.25, 0.3) is 0 Å². The van der Waals surface area contributed by atoms with Gasteiger partial charge in [-0.05, 0) is 48.0 Å². The summed E-state index contributed by atoms with van der Waals surface area (Å²) in [5.74, 6) is 1.08. The molecule has 0 unspecified atom stereocenters. The predicted octanol–water partition coefficient (Wildman–Crippen LogP) is 2.80. The molecule has 0 atom stereocenters. The highest BCUT2D eigenvalue weighted by molar-refractivity contribution is 6.28. The maximum absolute atomic E-state index is 10.6. The van der Waals surface area contributed by atoms with E-state index in [1.54, 1.807) is 6.07 Å². The van der Waals surface area contributed by atoms with Crippen molar-refractivity contribution in [2.75, 3.05) is 11.9 Å². The Balaban J connectivity index is 1.80. The zero-order valence-corrected chi connectivity index (χ0v) is 11.5. The number of carbonyl (C=O) groups is 1. The van der Waals surface area contributed by atoms with Gasteiger partial charge in [-0.2, -0.15) is 0 Å². The molecule has 6 heteroatoms. The van der Waals surface area contributed by atoms with Gasteiger partial charge in [0.05, 0.1) is 19.6 Å². The third-order valence-electron chi connectivity index (χ3n) is 2.57. The Labute approximate surface area is 121 Å². The second-order valence-electron chi connectivity index (χ2n) is 4.15. The number of hydrogen-bond donors (Lipinski definition) is 2. The average molecular weight is 295 g/mol. The molecule has 0 aliphatic carbocycles. The number of halogens is 1. The number of carbonyl (C=O) groups excluding carboxylic acids is 1. The Kier molecular flexibility index (Phi) is 4.90. The van der Waals surface area contributed by atoms with Crippen LogP contribution in [0.2, 0.25) is 5.22 Å². The molecule has 5 nitrogen and oxygen atoms in total. The maximum atomic E-state index is 10.6. The summed E-state index contributed by atoms with van der Waals surface area (Å²) >= 11 is 5.69. The molecule has 0 saturated heterocycles. The van der Waals surface area contributed by atoms with Crippen molar-refractivity contribution in [3.05, 3.63) is 47.4 Å². The van der Waals surface area contributed by atoms with Crippen LogP contribution in [0.25, 0.3) is 0 Å². The lowest BCUT2D eigenvalue weighted by Gasteiger charge is -2.07. The van der Waals surface area contributed by atoms with Gasteiger partial charge in [0.2, 0.25) is 5.91 Å². The third kappa shape index (κ3) is 4.51. The summed E-state index contributed by atoms with van der Waals surface area (Å²) in [5, 5.41) is 3.57. The first kappa shape index (κ1) is 14.3. The zero-order valence-electron chi connectivity index (χ0n) is 10.8. The molecule has 1 aromatic carbocycles. The van der Waals surface area contributed by atoms with E-state index in [0.717, 1.165) is 11.4 Å². The second-order valence-corrected chi connectivity index (χ2v) is 4.52. The number of hydrogen-bond acceptors (Lipinski definition) is 4. The van der Waals surface area contributed by atoms with Crippen molar-refractivity contribution in [1.82, 2.24) is 0 Å².